The Balaban J connectivity index is 1.87. The van der Waals surface area contributed by atoms with Crippen LogP contribution in [0.4, 0.5) is 4.79 Å². The Morgan fingerprint density at radius 3 is 2.45 bits per heavy atom. The molecule has 0 fully saturated rings. The molecule has 0 aliphatic carbocycles. The van der Waals surface area contributed by atoms with Crippen molar-refractivity contribution in [2.45, 2.75) is 38.8 Å². The van der Waals surface area contributed by atoms with Crippen molar-refractivity contribution in [1.82, 2.24) is 10.6 Å². The Kier molecular flexibility index (Phi) is 7.52. The number of urea groups is 1. The van der Waals surface area contributed by atoms with Gasteiger partial charge in [-0.1, -0.05) is 37.3 Å². The highest BCUT2D eigenvalue weighted by Gasteiger charge is 2.35. The number of ether oxygens (including phenoxy) is 2. The van der Waals surface area contributed by atoms with E-state index >= 15 is 0 Å². The molecule has 0 aromatic heterocycles. The van der Waals surface area contributed by atoms with Crippen molar-refractivity contribution in [2.24, 2.45) is 0 Å². The summed E-state index contributed by atoms with van der Waals surface area (Å²) in [5.74, 6) is 1.08. The number of nitrogens with one attached hydrogen (secondary N) is 3. The Morgan fingerprint density at radius 2 is 1.81 bits per heavy atom. The molecular weight excluding hydrogens is 394 g/mol. The second-order valence-corrected chi connectivity index (χ2v) is 7.92. The Bertz CT molecular complexity index is 917. The maximum absolute atomic E-state index is 12.7. The van der Waals surface area contributed by atoms with E-state index in [0.717, 1.165) is 35.4 Å². The smallest absolute Gasteiger partial charge is 0.321 e. The van der Waals surface area contributed by atoms with E-state index in [2.05, 4.69) is 22.8 Å². The molecule has 1 heterocycles. The van der Waals surface area contributed by atoms with Gasteiger partial charge in [-0.25, -0.2) is 4.79 Å². The number of imide groups is 1. The number of amides is 3. The second-order valence-electron chi connectivity index (χ2n) is 7.92. The van der Waals surface area contributed by atoms with Gasteiger partial charge in [0, 0.05) is 23.6 Å². The largest absolute Gasteiger partial charge is 0.493 e. The van der Waals surface area contributed by atoms with Gasteiger partial charge >= 0.3 is 6.03 Å². The van der Waals surface area contributed by atoms with Crippen LogP contribution in [-0.2, 0) is 11.2 Å². The summed E-state index contributed by atoms with van der Waals surface area (Å²) in [7, 11) is 3.26. The van der Waals surface area contributed by atoms with Gasteiger partial charge in [0.15, 0.2) is 18.0 Å². The molecule has 3 amide bonds. The molecule has 0 radical (unpaired) electrons. The van der Waals surface area contributed by atoms with Crippen LogP contribution >= 0.6 is 0 Å². The van der Waals surface area contributed by atoms with Crippen LogP contribution in [0.3, 0.4) is 0 Å². The first-order chi connectivity index (χ1) is 15.0. The molecule has 3 N–H and O–H groups in total. The van der Waals surface area contributed by atoms with E-state index in [1.165, 1.54) is 5.56 Å². The Labute approximate surface area is 183 Å². The van der Waals surface area contributed by atoms with Crippen molar-refractivity contribution in [3.8, 4) is 11.5 Å². The lowest BCUT2D eigenvalue weighted by atomic mass is 9.87. The number of rotatable bonds is 7. The molecule has 1 aliphatic rings. The zero-order chi connectivity index (χ0) is 22.4. The minimum absolute atomic E-state index is 0.0153. The zero-order valence-electron chi connectivity index (χ0n) is 18.7. The van der Waals surface area contributed by atoms with Crippen LogP contribution in [0.2, 0.25) is 0 Å². The topological polar surface area (TPSA) is 81.1 Å². The SMILES string of the molecule is CC[C@H](C)NC(=O)NC(=O)C[NH+]1CCc2cc(OC)c(OC)cc2[C@@H]1c1ccccc1. The molecule has 7 nitrogen and oxygen atoms in total. The molecule has 2 aromatic rings. The quantitative estimate of drug-likeness (QED) is 0.631. The highest BCUT2D eigenvalue weighted by molar-refractivity contribution is 5.94. The number of quaternary nitrogens is 1. The van der Waals surface area contributed by atoms with Gasteiger partial charge in [0.1, 0.15) is 6.04 Å². The van der Waals surface area contributed by atoms with E-state index in [4.69, 9.17) is 9.47 Å². The van der Waals surface area contributed by atoms with Crippen LogP contribution < -0.4 is 25.0 Å². The fourth-order valence-electron chi connectivity index (χ4n) is 4.07. The molecule has 1 unspecified atom stereocenters. The monoisotopic (exact) mass is 426 g/mol. The van der Waals surface area contributed by atoms with Gasteiger partial charge in [-0.15, -0.1) is 0 Å². The molecule has 31 heavy (non-hydrogen) atoms. The number of carbonyl (C=O) groups excluding carboxylic acids is 2. The predicted molar refractivity (Wildman–Crippen MR) is 119 cm³/mol. The number of benzene rings is 2. The molecule has 7 heteroatoms. The van der Waals surface area contributed by atoms with Gasteiger partial charge in [0.2, 0.25) is 0 Å². The first-order valence-corrected chi connectivity index (χ1v) is 10.7. The highest BCUT2D eigenvalue weighted by Crippen LogP contribution is 2.35. The molecule has 0 bridgehead atoms. The first-order valence-electron chi connectivity index (χ1n) is 10.7. The average Bonchev–Trinajstić information content (AvgIpc) is 2.78. The van der Waals surface area contributed by atoms with E-state index in [0.29, 0.717) is 11.5 Å². The highest BCUT2D eigenvalue weighted by atomic mass is 16.5. The third kappa shape index (κ3) is 5.35. The molecule has 3 rings (SSSR count). The molecule has 1 aliphatic heterocycles. The maximum atomic E-state index is 12.7. The predicted octanol–water partition coefficient (Wildman–Crippen LogP) is 1.86. The fraction of sp³-hybridized carbons (Fsp3) is 0.417. The summed E-state index contributed by atoms with van der Waals surface area (Å²) in [6.07, 6.45) is 1.61. The van der Waals surface area contributed by atoms with Crippen molar-refractivity contribution >= 4 is 11.9 Å². The van der Waals surface area contributed by atoms with Gasteiger partial charge in [-0.3, -0.25) is 10.1 Å². The van der Waals surface area contributed by atoms with Crippen molar-refractivity contribution < 1.29 is 24.0 Å². The molecule has 166 valence electrons. The lowest BCUT2D eigenvalue weighted by molar-refractivity contribution is -0.920. The van der Waals surface area contributed by atoms with Gasteiger partial charge < -0.3 is 19.7 Å². The van der Waals surface area contributed by atoms with Gasteiger partial charge in [-0.05, 0) is 31.0 Å². The molecule has 0 saturated heterocycles. The molecule has 2 aromatic carbocycles. The van der Waals surface area contributed by atoms with Crippen molar-refractivity contribution in [2.75, 3.05) is 27.3 Å². The van der Waals surface area contributed by atoms with E-state index in [9.17, 15) is 9.59 Å². The van der Waals surface area contributed by atoms with Gasteiger partial charge in [0.05, 0.1) is 20.8 Å². The average molecular weight is 427 g/mol. The summed E-state index contributed by atoms with van der Waals surface area (Å²) in [6.45, 7) is 4.85. The first kappa shape index (κ1) is 22.6. The third-order valence-electron chi connectivity index (χ3n) is 5.84. The van der Waals surface area contributed by atoms with E-state index < -0.39 is 6.03 Å². The van der Waals surface area contributed by atoms with Crippen LogP contribution in [-0.4, -0.2) is 45.3 Å². The Hall–Kier alpha value is -3.06. The summed E-state index contributed by atoms with van der Waals surface area (Å²) >= 11 is 0. The maximum Gasteiger partial charge on any atom is 0.321 e. The van der Waals surface area contributed by atoms with E-state index in [1.807, 2.05) is 44.2 Å². The summed E-state index contributed by atoms with van der Waals surface area (Å²) in [5.41, 5.74) is 3.41. The summed E-state index contributed by atoms with van der Waals surface area (Å²) in [5, 5.41) is 5.25. The number of carbonyl (C=O) groups is 2. The van der Waals surface area contributed by atoms with Crippen molar-refractivity contribution in [3.05, 3.63) is 59.2 Å². The number of methoxy groups -OCH3 is 2. The van der Waals surface area contributed by atoms with Crippen LogP contribution in [0.5, 0.6) is 11.5 Å². The van der Waals surface area contributed by atoms with E-state index in [1.54, 1.807) is 14.2 Å². The lowest BCUT2D eigenvalue weighted by Gasteiger charge is -2.34. The fourth-order valence-corrected chi connectivity index (χ4v) is 4.07. The van der Waals surface area contributed by atoms with Crippen LogP contribution in [0.15, 0.2) is 42.5 Å². The summed E-state index contributed by atoms with van der Waals surface area (Å²) in [6, 6.07) is 13.7. The lowest BCUT2D eigenvalue weighted by Crippen LogP contribution is -3.14. The molecule has 3 atom stereocenters. The minimum atomic E-state index is -0.446. The van der Waals surface area contributed by atoms with Crippen molar-refractivity contribution in [1.29, 1.82) is 0 Å². The molecular formula is C24H32N3O4+. The number of hydrogen-bond donors (Lipinski definition) is 3. The van der Waals surface area contributed by atoms with Crippen LogP contribution in [0, 0.1) is 0 Å². The van der Waals surface area contributed by atoms with E-state index in [-0.39, 0.29) is 24.5 Å². The number of hydrogen-bond acceptors (Lipinski definition) is 4. The minimum Gasteiger partial charge on any atom is -0.493 e. The number of fused-ring (bicyclic) bond motifs is 1. The van der Waals surface area contributed by atoms with Crippen molar-refractivity contribution in [3.63, 3.8) is 0 Å². The Morgan fingerprint density at radius 1 is 1.13 bits per heavy atom. The van der Waals surface area contributed by atoms with Crippen LogP contribution in [0.1, 0.15) is 43.0 Å². The van der Waals surface area contributed by atoms with Gasteiger partial charge in [-0.2, -0.15) is 0 Å². The summed E-state index contributed by atoms with van der Waals surface area (Å²) in [4.78, 5) is 25.8. The summed E-state index contributed by atoms with van der Waals surface area (Å²) < 4.78 is 11.0. The molecule has 0 spiro atoms. The normalized spacial score (nSPS) is 18.5. The zero-order valence-corrected chi connectivity index (χ0v) is 18.7. The van der Waals surface area contributed by atoms with Crippen LogP contribution in [0.25, 0.3) is 0 Å². The third-order valence-corrected chi connectivity index (χ3v) is 5.84. The standard InChI is InChI=1S/C24H31N3O4/c1-5-16(2)25-24(29)26-22(28)15-27-12-11-18-13-20(30-3)21(31-4)14-19(18)23(27)17-9-7-6-8-10-17/h6-10,13-14,16,23H,5,11-12,15H2,1-4H3,(H2,25,26,28,29)/p+1/t16-,23-/m0/s1. The molecule has 0 saturated carbocycles. The second kappa shape index (κ2) is 10.3. The van der Waals surface area contributed by atoms with Gasteiger partial charge in [0.25, 0.3) is 5.91 Å².